The lowest BCUT2D eigenvalue weighted by molar-refractivity contribution is -0.145. The van der Waals surface area contributed by atoms with Crippen molar-refractivity contribution in [3.05, 3.63) is 0 Å². The minimum absolute atomic E-state index is 0.112. The van der Waals surface area contributed by atoms with Gasteiger partial charge in [0.15, 0.2) is 12.0 Å². The van der Waals surface area contributed by atoms with Crippen molar-refractivity contribution in [2.75, 3.05) is 13.2 Å². The van der Waals surface area contributed by atoms with Crippen LogP contribution in [0.15, 0.2) is 4.99 Å². The largest absolute Gasteiger partial charge is 0.480 e. The highest BCUT2D eigenvalue weighted by Crippen LogP contribution is 2.01. The maximum Gasteiger partial charge on any atom is 0.328 e. The van der Waals surface area contributed by atoms with Crippen LogP contribution in [0, 0.1) is 0 Å². The number of carboxylic acid groups (broad SMARTS) is 1. The summed E-state index contributed by atoms with van der Waals surface area (Å²) in [7, 11) is 0. The highest BCUT2D eigenvalue weighted by atomic mass is 16.4. The Labute approximate surface area is 184 Å². The summed E-state index contributed by atoms with van der Waals surface area (Å²) >= 11 is 0. The number of hydrogen-bond acceptors (Lipinski definition) is 9. The third kappa shape index (κ3) is 10.3. The van der Waals surface area contributed by atoms with Crippen LogP contribution in [0.3, 0.4) is 0 Å². The van der Waals surface area contributed by atoms with Crippen LogP contribution in [0.1, 0.15) is 26.7 Å². The molecular formula is C17H33N7O8. The molecule has 0 heterocycles. The Hall–Kier alpha value is -3.01. The van der Waals surface area contributed by atoms with Gasteiger partial charge in [0.05, 0.1) is 24.9 Å². The first-order valence-electron chi connectivity index (χ1n) is 9.73. The smallest absolute Gasteiger partial charge is 0.328 e. The SMILES string of the molecule is CC(O)C(NC(=O)C(CO)NC(=O)C(NC(=O)C(N)CCCN=C(N)N)C(C)O)C(=O)O. The van der Waals surface area contributed by atoms with E-state index in [4.69, 9.17) is 22.3 Å². The standard InChI is InChI=1S/C17H33N7O8/c1-7(26)11(23-13(28)9(18)4-3-5-21-17(19)20)15(30)22-10(6-25)14(29)24-12(8(2)27)16(31)32/h7-12,25-27H,3-6,18H2,1-2H3,(H,22,30)(H,23,28)(H,24,29)(H,31,32)(H4,19,20,21). The molecule has 0 radical (unpaired) electrons. The third-order valence-electron chi connectivity index (χ3n) is 4.23. The molecule has 15 heteroatoms. The van der Waals surface area contributed by atoms with Gasteiger partial charge in [0.25, 0.3) is 0 Å². The van der Waals surface area contributed by atoms with Crippen LogP contribution >= 0.6 is 0 Å². The number of aliphatic hydroxyl groups excluding tert-OH is 3. The van der Waals surface area contributed by atoms with Gasteiger partial charge in [0, 0.05) is 6.54 Å². The molecule has 32 heavy (non-hydrogen) atoms. The Morgan fingerprint density at radius 1 is 0.906 bits per heavy atom. The molecule has 6 unspecified atom stereocenters. The first-order chi connectivity index (χ1) is 14.8. The third-order valence-corrected chi connectivity index (χ3v) is 4.23. The van der Waals surface area contributed by atoms with Crippen molar-refractivity contribution in [2.24, 2.45) is 22.2 Å². The van der Waals surface area contributed by atoms with E-state index >= 15 is 0 Å². The fourth-order valence-corrected chi connectivity index (χ4v) is 2.41. The quantitative estimate of drug-likeness (QED) is 0.0659. The van der Waals surface area contributed by atoms with Crippen molar-refractivity contribution in [1.29, 1.82) is 0 Å². The summed E-state index contributed by atoms with van der Waals surface area (Å²) in [6, 6.07) is -5.87. The van der Waals surface area contributed by atoms with Crippen LogP contribution in [-0.2, 0) is 19.2 Å². The van der Waals surface area contributed by atoms with Gasteiger partial charge in [-0.15, -0.1) is 0 Å². The Morgan fingerprint density at radius 3 is 1.88 bits per heavy atom. The molecule has 0 saturated heterocycles. The summed E-state index contributed by atoms with van der Waals surface area (Å²) in [4.78, 5) is 51.7. The number of carboxylic acids is 1. The fraction of sp³-hybridized carbons (Fsp3) is 0.706. The molecule has 0 aliphatic rings. The summed E-state index contributed by atoms with van der Waals surface area (Å²) < 4.78 is 0. The number of nitrogens with two attached hydrogens (primary N) is 3. The summed E-state index contributed by atoms with van der Waals surface area (Å²) in [5.41, 5.74) is 16.1. The first-order valence-corrected chi connectivity index (χ1v) is 9.73. The second-order valence-corrected chi connectivity index (χ2v) is 7.09. The van der Waals surface area contributed by atoms with E-state index in [1.165, 1.54) is 6.92 Å². The Balaban J connectivity index is 5.05. The normalized spacial score (nSPS) is 16.4. The molecule has 0 aliphatic carbocycles. The van der Waals surface area contributed by atoms with Gasteiger partial charge in [-0.1, -0.05) is 0 Å². The minimum Gasteiger partial charge on any atom is -0.480 e. The summed E-state index contributed by atoms with van der Waals surface area (Å²) in [6.45, 7) is 1.65. The van der Waals surface area contributed by atoms with Crippen LogP contribution < -0.4 is 33.2 Å². The Kier molecular flexibility index (Phi) is 12.8. The van der Waals surface area contributed by atoms with Crippen molar-refractivity contribution < 1.29 is 39.6 Å². The van der Waals surface area contributed by atoms with Gasteiger partial charge in [-0.3, -0.25) is 19.4 Å². The van der Waals surface area contributed by atoms with Crippen molar-refractivity contribution in [1.82, 2.24) is 16.0 Å². The number of carbonyl (C=O) groups excluding carboxylic acids is 3. The van der Waals surface area contributed by atoms with E-state index in [9.17, 15) is 34.5 Å². The van der Waals surface area contributed by atoms with Gasteiger partial charge in [-0.25, -0.2) is 4.79 Å². The summed E-state index contributed by atoms with van der Waals surface area (Å²) in [5, 5.41) is 44.0. The zero-order valence-corrected chi connectivity index (χ0v) is 17.9. The average Bonchev–Trinajstić information content (AvgIpc) is 2.69. The molecular weight excluding hydrogens is 430 g/mol. The van der Waals surface area contributed by atoms with Crippen LogP contribution in [-0.4, -0.2) is 99.6 Å². The van der Waals surface area contributed by atoms with Crippen molar-refractivity contribution >= 4 is 29.7 Å². The van der Waals surface area contributed by atoms with Crippen molar-refractivity contribution in [3.63, 3.8) is 0 Å². The van der Waals surface area contributed by atoms with Gasteiger partial charge in [0.1, 0.15) is 12.1 Å². The molecule has 13 N–H and O–H groups in total. The maximum atomic E-state index is 12.5. The predicted molar refractivity (Wildman–Crippen MR) is 112 cm³/mol. The Bertz CT molecular complexity index is 682. The van der Waals surface area contributed by atoms with E-state index in [0.29, 0.717) is 6.42 Å². The number of guanidine groups is 1. The lowest BCUT2D eigenvalue weighted by Crippen LogP contribution is -2.61. The lowest BCUT2D eigenvalue weighted by atomic mass is 10.1. The molecule has 0 aromatic heterocycles. The summed E-state index contributed by atoms with van der Waals surface area (Å²) in [5.74, 6) is -4.53. The molecule has 0 rings (SSSR count). The second-order valence-electron chi connectivity index (χ2n) is 7.09. The molecule has 0 saturated carbocycles. The number of amides is 3. The maximum absolute atomic E-state index is 12.5. The molecule has 0 aromatic rings. The predicted octanol–water partition coefficient (Wildman–Crippen LogP) is -5.34. The van der Waals surface area contributed by atoms with Gasteiger partial charge in [0.2, 0.25) is 17.7 Å². The number of hydrogen-bond donors (Lipinski definition) is 10. The zero-order valence-electron chi connectivity index (χ0n) is 17.9. The topological polar surface area (TPSA) is 276 Å². The van der Waals surface area contributed by atoms with E-state index in [-0.39, 0.29) is 18.9 Å². The summed E-state index contributed by atoms with van der Waals surface area (Å²) in [6.07, 6.45) is -2.31. The lowest BCUT2D eigenvalue weighted by Gasteiger charge is -2.26. The number of carbonyl (C=O) groups is 4. The monoisotopic (exact) mass is 463 g/mol. The van der Waals surface area contributed by atoms with Crippen molar-refractivity contribution in [2.45, 2.75) is 63.1 Å². The van der Waals surface area contributed by atoms with Crippen molar-refractivity contribution in [3.8, 4) is 0 Å². The van der Waals surface area contributed by atoms with Gasteiger partial charge in [-0.05, 0) is 26.7 Å². The van der Waals surface area contributed by atoms with Gasteiger partial charge in [-0.2, -0.15) is 0 Å². The van der Waals surface area contributed by atoms with Gasteiger partial charge < -0.3 is 53.6 Å². The number of aliphatic hydroxyl groups is 3. The van der Waals surface area contributed by atoms with Crippen LogP contribution in [0.2, 0.25) is 0 Å². The molecule has 0 aromatic carbocycles. The van der Waals surface area contributed by atoms with E-state index in [1.807, 2.05) is 5.32 Å². The molecule has 0 aliphatic heterocycles. The van der Waals surface area contributed by atoms with Crippen LogP contribution in [0.4, 0.5) is 0 Å². The molecule has 6 atom stereocenters. The average molecular weight is 463 g/mol. The fourth-order valence-electron chi connectivity index (χ4n) is 2.41. The number of rotatable bonds is 14. The zero-order chi connectivity index (χ0) is 25.0. The molecule has 0 spiro atoms. The van der Waals surface area contributed by atoms with Gasteiger partial charge >= 0.3 is 5.97 Å². The molecule has 15 nitrogen and oxygen atoms in total. The molecule has 0 fully saturated rings. The van der Waals surface area contributed by atoms with E-state index < -0.39 is 66.7 Å². The molecule has 3 amide bonds. The number of nitrogens with one attached hydrogen (secondary N) is 3. The van der Waals surface area contributed by atoms with Crippen LogP contribution in [0.25, 0.3) is 0 Å². The first kappa shape index (κ1) is 29.0. The highest BCUT2D eigenvalue weighted by Gasteiger charge is 2.33. The second kappa shape index (κ2) is 14.1. The minimum atomic E-state index is -1.68. The van der Waals surface area contributed by atoms with E-state index in [1.54, 1.807) is 0 Å². The number of aliphatic imine (C=N–C) groups is 1. The number of aliphatic carboxylic acids is 1. The van der Waals surface area contributed by atoms with E-state index in [2.05, 4.69) is 15.6 Å². The Morgan fingerprint density at radius 2 is 1.44 bits per heavy atom. The molecule has 0 bridgehead atoms. The van der Waals surface area contributed by atoms with E-state index in [0.717, 1.165) is 6.92 Å². The number of nitrogens with zero attached hydrogens (tertiary/aromatic N) is 1. The van der Waals surface area contributed by atoms with Crippen LogP contribution in [0.5, 0.6) is 0 Å². The molecule has 184 valence electrons. The highest BCUT2D eigenvalue weighted by molar-refractivity contribution is 5.94.